The summed E-state index contributed by atoms with van der Waals surface area (Å²) >= 11 is 0. The Balaban J connectivity index is 0.000000178. The van der Waals surface area contributed by atoms with Gasteiger partial charge in [0.25, 0.3) is 23.6 Å². The number of halogens is 2. The van der Waals surface area contributed by atoms with Gasteiger partial charge in [0.2, 0.25) is 11.6 Å². The first kappa shape index (κ1) is 49.7. The Hall–Kier alpha value is -7.28. The summed E-state index contributed by atoms with van der Waals surface area (Å²) in [6.07, 6.45) is 5.73. The second-order valence-electron chi connectivity index (χ2n) is 18.3. The summed E-state index contributed by atoms with van der Waals surface area (Å²) in [6, 6.07) is 15.1. The minimum atomic E-state index is -0.738. The van der Waals surface area contributed by atoms with Gasteiger partial charge in [-0.3, -0.25) is 38.8 Å². The van der Waals surface area contributed by atoms with Crippen LogP contribution in [0.1, 0.15) is 56.6 Å². The van der Waals surface area contributed by atoms with Crippen LogP contribution in [-0.2, 0) is 58.1 Å². The lowest BCUT2D eigenvalue weighted by Crippen LogP contribution is -2.52. The van der Waals surface area contributed by atoms with Gasteiger partial charge in [0, 0.05) is 117 Å². The minimum Gasteiger partial charge on any atom is -0.379 e. The molecule has 2 atom stereocenters. The van der Waals surface area contributed by atoms with E-state index in [0.717, 1.165) is 63.5 Å². The fraction of sp³-hybridized carbons (Fsp3) is 0.458. The number of rotatable bonds is 16. The standard InChI is InChI=1S/2C24H29FN8O3/c2*1-30-21-11-17(7-9-31-13-18(14-31)36-2)28-33(21)10-8-20(24(30)35)27-23(34)22-26-15-32(29-22)12-16-5-3-4-6-19(16)25/h2*3-6,11,15,18,20H,7-10,12-14H2,1-2H3,(H,27,34)/t2*20-/m10/s1. The molecule has 0 spiro atoms. The lowest BCUT2D eigenvalue weighted by molar-refractivity contribution is -0.120. The van der Waals surface area contributed by atoms with Crippen LogP contribution in [-0.4, -0.2) is 174 Å². The summed E-state index contributed by atoms with van der Waals surface area (Å²) in [5, 5.41) is 23.2. The molecule has 2 fully saturated rings. The highest BCUT2D eigenvalue weighted by atomic mass is 19.1. The number of nitrogens with one attached hydrogen (secondary N) is 2. The van der Waals surface area contributed by atoms with Crippen LogP contribution in [0.5, 0.6) is 0 Å². The molecule has 0 aliphatic carbocycles. The van der Waals surface area contributed by atoms with Crippen molar-refractivity contribution in [3.63, 3.8) is 0 Å². The van der Waals surface area contributed by atoms with Crippen molar-refractivity contribution in [3.8, 4) is 0 Å². The van der Waals surface area contributed by atoms with Gasteiger partial charge in [-0.15, -0.1) is 10.2 Å². The number of anilines is 2. The van der Waals surface area contributed by atoms with Gasteiger partial charge in [-0.05, 0) is 25.0 Å². The molecule has 22 nitrogen and oxygen atoms in total. The molecule has 10 rings (SSSR count). The summed E-state index contributed by atoms with van der Waals surface area (Å²) in [4.78, 5) is 67.5. The van der Waals surface area contributed by atoms with E-state index in [9.17, 15) is 28.0 Å². The SMILES string of the molecule is COC1CN(CCc2cc3n(n2)CC[C@@H](NC(=O)c2ncn(Cc4ccccc4F)n2)C(=O)N3C)C1.COC1CN(CCc2cc3n(n2)CC[C@H](NC(=O)c2ncn(Cc4ccccc4F)n2)C(=O)N3C)C1. The van der Waals surface area contributed by atoms with Crippen molar-refractivity contribution >= 4 is 35.3 Å². The summed E-state index contributed by atoms with van der Waals surface area (Å²) in [6.45, 7) is 6.77. The monoisotopic (exact) mass is 992 g/mol. The van der Waals surface area contributed by atoms with Gasteiger partial charge in [0.05, 0.1) is 36.7 Å². The number of likely N-dealkylation sites (N-methyl/N-ethyl adjacent to an activating group) is 2. The zero-order chi connectivity index (χ0) is 50.5. The Bertz CT molecular complexity index is 2700. The van der Waals surface area contributed by atoms with E-state index in [1.165, 1.54) is 44.0 Å². The van der Waals surface area contributed by atoms with E-state index >= 15 is 0 Å². The number of aryl methyl sites for hydroxylation is 2. The topological polar surface area (TPSA) is 221 Å². The molecule has 2 N–H and O–H groups in total. The number of benzene rings is 2. The van der Waals surface area contributed by atoms with Crippen LogP contribution in [0, 0.1) is 11.6 Å². The van der Waals surface area contributed by atoms with Gasteiger partial charge in [0.1, 0.15) is 48.0 Å². The predicted molar refractivity (Wildman–Crippen MR) is 256 cm³/mol. The van der Waals surface area contributed by atoms with Crippen molar-refractivity contribution in [2.45, 2.75) is 76.2 Å². The van der Waals surface area contributed by atoms with E-state index in [4.69, 9.17) is 9.47 Å². The number of amides is 4. The van der Waals surface area contributed by atoms with E-state index < -0.39 is 23.9 Å². The minimum absolute atomic E-state index is 0.0761. The number of likely N-dealkylation sites (tertiary alicyclic amines) is 2. The molecule has 2 saturated heterocycles. The number of aromatic nitrogens is 10. The van der Waals surface area contributed by atoms with Crippen LogP contribution in [0.25, 0.3) is 0 Å². The lowest BCUT2D eigenvalue weighted by atomic mass is 10.1. The van der Waals surface area contributed by atoms with Crippen LogP contribution in [0.3, 0.4) is 0 Å². The number of carbonyl (C=O) groups is 4. The Kier molecular flexibility index (Phi) is 15.2. The molecule has 24 heteroatoms. The van der Waals surface area contributed by atoms with Gasteiger partial charge in [-0.25, -0.2) is 37.5 Å². The highest BCUT2D eigenvalue weighted by Gasteiger charge is 2.34. The molecule has 6 aromatic rings. The predicted octanol–water partition coefficient (Wildman–Crippen LogP) is 1.40. The van der Waals surface area contributed by atoms with Gasteiger partial charge in [-0.2, -0.15) is 10.2 Å². The smallest absolute Gasteiger partial charge is 0.291 e. The third-order valence-corrected chi connectivity index (χ3v) is 13.4. The molecular weight excluding hydrogens is 935 g/mol. The van der Waals surface area contributed by atoms with Gasteiger partial charge >= 0.3 is 0 Å². The lowest BCUT2D eigenvalue weighted by Gasteiger charge is -2.37. The van der Waals surface area contributed by atoms with Crippen LogP contribution in [0.4, 0.5) is 20.4 Å². The van der Waals surface area contributed by atoms with Crippen LogP contribution >= 0.6 is 0 Å². The largest absolute Gasteiger partial charge is 0.379 e. The molecule has 2 aromatic carbocycles. The number of methoxy groups -OCH3 is 2. The third kappa shape index (κ3) is 11.4. The van der Waals surface area contributed by atoms with Crippen molar-refractivity contribution < 1.29 is 37.4 Å². The maximum absolute atomic E-state index is 13.9. The van der Waals surface area contributed by atoms with Crippen molar-refractivity contribution in [3.05, 3.63) is 119 Å². The first-order valence-electron chi connectivity index (χ1n) is 23.9. The normalized spacial score (nSPS) is 18.6. The van der Waals surface area contributed by atoms with Crippen LogP contribution in [0.15, 0.2) is 73.3 Å². The number of carbonyl (C=O) groups excluding carboxylic acids is 4. The Morgan fingerprint density at radius 1 is 0.625 bits per heavy atom. The van der Waals surface area contributed by atoms with Crippen molar-refractivity contribution in [2.24, 2.45) is 0 Å². The molecule has 0 radical (unpaired) electrons. The maximum atomic E-state index is 13.9. The molecule has 4 aromatic heterocycles. The fourth-order valence-electron chi connectivity index (χ4n) is 8.99. The molecule has 4 aliphatic heterocycles. The number of hydrogen-bond donors (Lipinski definition) is 2. The average Bonchev–Trinajstić information content (AvgIpc) is 4.17. The van der Waals surface area contributed by atoms with E-state index in [2.05, 4.69) is 50.8 Å². The zero-order valence-electron chi connectivity index (χ0n) is 40.6. The molecule has 380 valence electrons. The van der Waals surface area contributed by atoms with Crippen molar-refractivity contribution in [2.75, 3.05) is 77.4 Å². The highest BCUT2D eigenvalue weighted by Crippen LogP contribution is 2.24. The highest BCUT2D eigenvalue weighted by molar-refractivity contribution is 6.01. The fourth-order valence-corrected chi connectivity index (χ4v) is 8.99. The second-order valence-corrected chi connectivity index (χ2v) is 18.3. The molecule has 8 heterocycles. The number of nitrogens with zero attached hydrogens (tertiary/aromatic N) is 14. The Labute approximate surface area is 413 Å². The van der Waals surface area contributed by atoms with Gasteiger partial charge in [-0.1, -0.05) is 36.4 Å². The zero-order valence-corrected chi connectivity index (χ0v) is 40.6. The summed E-state index contributed by atoms with van der Waals surface area (Å²) in [7, 11) is 6.83. The first-order valence-corrected chi connectivity index (χ1v) is 23.9. The molecule has 4 aliphatic rings. The summed E-state index contributed by atoms with van der Waals surface area (Å²) < 4.78 is 44.8. The molecule has 4 amide bonds. The summed E-state index contributed by atoms with van der Waals surface area (Å²) in [5.41, 5.74) is 2.73. The van der Waals surface area contributed by atoms with Gasteiger partial charge < -0.3 is 20.1 Å². The summed E-state index contributed by atoms with van der Waals surface area (Å²) in [5.74, 6) is -1.03. The molecule has 72 heavy (non-hydrogen) atoms. The Morgan fingerprint density at radius 3 is 1.42 bits per heavy atom. The van der Waals surface area contributed by atoms with Crippen LogP contribution in [0.2, 0.25) is 0 Å². The molecule has 0 unspecified atom stereocenters. The molecule has 0 saturated carbocycles. The second kappa shape index (κ2) is 22.0. The van der Waals surface area contributed by atoms with E-state index in [-0.39, 0.29) is 48.2 Å². The van der Waals surface area contributed by atoms with E-state index in [1.54, 1.807) is 64.7 Å². The van der Waals surface area contributed by atoms with Crippen molar-refractivity contribution in [1.29, 1.82) is 0 Å². The average molecular weight is 993 g/mol. The maximum Gasteiger partial charge on any atom is 0.291 e. The Morgan fingerprint density at radius 2 is 1.03 bits per heavy atom. The third-order valence-electron chi connectivity index (χ3n) is 13.4. The quantitative estimate of drug-likeness (QED) is 0.140. The molecule has 0 bridgehead atoms. The van der Waals surface area contributed by atoms with Gasteiger partial charge in [0.15, 0.2) is 0 Å². The number of hydrogen-bond acceptors (Lipinski definition) is 14. The van der Waals surface area contributed by atoms with E-state index in [1.807, 2.05) is 21.5 Å². The van der Waals surface area contributed by atoms with E-state index in [0.29, 0.717) is 60.9 Å². The van der Waals surface area contributed by atoms with Crippen LogP contribution < -0.4 is 20.4 Å². The number of ether oxygens (including phenoxy) is 2. The number of fused-ring (bicyclic) bond motifs is 2. The molecular formula is C48H58F2N16O6. The first-order chi connectivity index (χ1) is 34.8. The van der Waals surface area contributed by atoms with Crippen molar-refractivity contribution in [1.82, 2.24) is 69.5 Å².